The van der Waals surface area contributed by atoms with Gasteiger partial charge in [-0.05, 0) is 31.9 Å². The van der Waals surface area contributed by atoms with Gasteiger partial charge in [0.25, 0.3) is 5.56 Å². The number of amides is 1. The molecule has 1 fully saturated rings. The number of piperidine rings is 1. The third-order valence-corrected chi connectivity index (χ3v) is 4.83. The summed E-state index contributed by atoms with van der Waals surface area (Å²) < 4.78 is 18.4. The van der Waals surface area contributed by atoms with Crippen LogP contribution in [0.1, 0.15) is 31.9 Å². The minimum absolute atomic E-state index is 0.0899. The summed E-state index contributed by atoms with van der Waals surface area (Å²) in [7, 11) is 0. The first-order valence-corrected chi connectivity index (χ1v) is 9.64. The van der Waals surface area contributed by atoms with Crippen LogP contribution in [-0.4, -0.2) is 51.7 Å². The average molecular weight is 402 g/mol. The Morgan fingerprint density at radius 3 is 2.90 bits per heavy atom. The highest BCUT2D eigenvalue weighted by atomic mass is 19.1. The lowest BCUT2D eigenvalue weighted by molar-refractivity contribution is -0.151. The number of likely N-dealkylation sites (tertiary alicyclic amines) is 1. The first-order valence-electron chi connectivity index (χ1n) is 9.64. The molecule has 1 saturated heterocycles. The van der Waals surface area contributed by atoms with Gasteiger partial charge < -0.3 is 14.6 Å². The molecule has 8 nitrogen and oxygen atoms in total. The molecular weight excluding hydrogens is 379 g/mol. The topological polar surface area (TPSA) is 105 Å². The SMILES string of the molecule is CCOC(=O)C1CCCN(C(=O)CCc2nnc(-c3cccc(F)c3)[nH]c2=O)C1. The standard InChI is InChI=1S/C20H23FN4O4/c1-2-29-20(28)14-6-4-10-25(12-14)17(26)9-8-16-19(27)22-18(24-23-16)13-5-3-7-15(21)11-13/h3,5,7,11,14H,2,4,6,8-10,12H2,1H3,(H,22,24,27). The highest BCUT2D eigenvalue weighted by molar-refractivity contribution is 5.78. The summed E-state index contributed by atoms with van der Waals surface area (Å²) in [5.41, 5.74) is 0.0862. The van der Waals surface area contributed by atoms with E-state index in [4.69, 9.17) is 4.74 Å². The molecule has 2 aromatic rings. The smallest absolute Gasteiger partial charge is 0.310 e. The molecular formula is C20H23FN4O4. The molecule has 154 valence electrons. The van der Waals surface area contributed by atoms with Crippen molar-refractivity contribution in [1.82, 2.24) is 20.1 Å². The van der Waals surface area contributed by atoms with Crippen LogP contribution in [0.5, 0.6) is 0 Å². The van der Waals surface area contributed by atoms with Gasteiger partial charge in [-0.25, -0.2) is 4.39 Å². The summed E-state index contributed by atoms with van der Waals surface area (Å²) in [5.74, 6) is -1.00. The number of nitrogens with zero attached hydrogens (tertiary/aromatic N) is 3. The summed E-state index contributed by atoms with van der Waals surface area (Å²) in [5, 5.41) is 7.85. The number of aromatic amines is 1. The van der Waals surface area contributed by atoms with Gasteiger partial charge in [-0.15, -0.1) is 10.2 Å². The lowest BCUT2D eigenvalue weighted by Gasteiger charge is -2.31. The van der Waals surface area contributed by atoms with Crippen molar-refractivity contribution < 1.29 is 18.7 Å². The number of nitrogens with one attached hydrogen (secondary N) is 1. The van der Waals surface area contributed by atoms with Crippen LogP contribution < -0.4 is 5.56 Å². The Morgan fingerprint density at radius 1 is 1.34 bits per heavy atom. The van der Waals surface area contributed by atoms with Gasteiger partial charge in [0.1, 0.15) is 11.5 Å². The first-order chi connectivity index (χ1) is 14.0. The Morgan fingerprint density at radius 2 is 2.17 bits per heavy atom. The number of benzene rings is 1. The summed E-state index contributed by atoms with van der Waals surface area (Å²) in [4.78, 5) is 40.9. The van der Waals surface area contributed by atoms with E-state index in [1.807, 2.05) is 0 Å². The monoisotopic (exact) mass is 402 g/mol. The molecule has 0 aliphatic carbocycles. The molecule has 0 spiro atoms. The predicted octanol–water partition coefficient (Wildman–Crippen LogP) is 1.71. The second kappa shape index (κ2) is 9.40. The number of hydrogen-bond acceptors (Lipinski definition) is 6. The Balaban J connectivity index is 1.60. The van der Waals surface area contributed by atoms with Crippen molar-refractivity contribution in [3.8, 4) is 11.4 Å². The van der Waals surface area contributed by atoms with E-state index in [9.17, 15) is 18.8 Å². The van der Waals surface area contributed by atoms with Crippen LogP contribution in [0.25, 0.3) is 11.4 Å². The Labute approximate surface area is 167 Å². The maximum absolute atomic E-state index is 13.3. The number of aryl methyl sites for hydroxylation is 1. The van der Waals surface area contributed by atoms with E-state index in [0.717, 1.165) is 6.42 Å². The largest absolute Gasteiger partial charge is 0.466 e. The lowest BCUT2D eigenvalue weighted by Crippen LogP contribution is -2.43. The van der Waals surface area contributed by atoms with Crippen LogP contribution in [0, 0.1) is 11.7 Å². The van der Waals surface area contributed by atoms with Crippen molar-refractivity contribution in [2.75, 3.05) is 19.7 Å². The van der Waals surface area contributed by atoms with Crippen molar-refractivity contribution in [3.05, 3.63) is 46.1 Å². The van der Waals surface area contributed by atoms with Crippen molar-refractivity contribution >= 4 is 11.9 Å². The van der Waals surface area contributed by atoms with Crippen molar-refractivity contribution in [2.24, 2.45) is 5.92 Å². The fourth-order valence-corrected chi connectivity index (χ4v) is 3.33. The van der Waals surface area contributed by atoms with Crippen LogP contribution in [0.3, 0.4) is 0 Å². The van der Waals surface area contributed by atoms with E-state index in [1.54, 1.807) is 17.9 Å². The molecule has 0 radical (unpaired) electrons. The summed E-state index contributed by atoms with van der Waals surface area (Å²) >= 11 is 0. The Bertz CT molecular complexity index is 946. The molecule has 1 N–H and O–H groups in total. The fraction of sp³-hybridized carbons (Fsp3) is 0.450. The zero-order valence-electron chi connectivity index (χ0n) is 16.2. The van der Waals surface area contributed by atoms with E-state index >= 15 is 0 Å². The zero-order chi connectivity index (χ0) is 20.8. The minimum Gasteiger partial charge on any atom is -0.466 e. The predicted molar refractivity (Wildman–Crippen MR) is 102 cm³/mol. The molecule has 29 heavy (non-hydrogen) atoms. The second-order valence-corrected chi connectivity index (χ2v) is 6.89. The number of rotatable bonds is 6. The third-order valence-electron chi connectivity index (χ3n) is 4.83. The van der Waals surface area contributed by atoms with Gasteiger partial charge in [-0.1, -0.05) is 12.1 Å². The van der Waals surface area contributed by atoms with E-state index in [1.165, 1.54) is 18.2 Å². The summed E-state index contributed by atoms with van der Waals surface area (Å²) in [6.07, 6.45) is 1.66. The van der Waals surface area contributed by atoms with Crippen molar-refractivity contribution in [2.45, 2.75) is 32.6 Å². The molecule has 1 unspecified atom stereocenters. The second-order valence-electron chi connectivity index (χ2n) is 6.89. The number of carbonyl (C=O) groups is 2. The lowest BCUT2D eigenvalue weighted by atomic mass is 9.98. The van der Waals surface area contributed by atoms with E-state index < -0.39 is 11.4 Å². The number of H-pyrrole nitrogens is 1. The van der Waals surface area contributed by atoms with Crippen LogP contribution in [0.2, 0.25) is 0 Å². The quantitative estimate of drug-likeness (QED) is 0.738. The van der Waals surface area contributed by atoms with Gasteiger partial charge in [0, 0.05) is 31.5 Å². The van der Waals surface area contributed by atoms with E-state index in [0.29, 0.717) is 31.7 Å². The van der Waals surface area contributed by atoms with Gasteiger partial charge >= 0.3 is 5.97 Å². The molecule has 1 aromatic carbocycles. The zero-order valence-corrected chi connectivity index (χ0v) is 16.2. The average Bonchev–Trinajstić information content (AvgIpc) is 2.73. The van der Waals surface area contributed by atoms with Gasteiger partial charge in [-0.3, -0.25) is 14.4 Å². The first kappa shape index (κ1) is 20.6. The molecule has 1 aliphatic heterocycles. The molecule has 0 saturated carbocycles. The number of esters is 1. The maximum Gasteiger partial charge on any atom is 0.310 e. The van der Waals surface area contributed by atoms with Gasteiger partial charge in [0.15, 0.2) is 5.82 Å². The molecule has 3 rings (SSSR count). The van der Waals surface area contributed by atoms with E-state index in [-0.39, 0.29) is 42.2 Å². The van der Waals surface area contributed by atoms with Gasteiger partial charge in [0.05, 0.1) is 12.5 Å². The van der Waals surface area contributed by atoms with Gasteiger partial charge in [-0.2, -0.15) is 0 Å². The molecule has 2 heterocycles. The van der Waals surface area contributed by atoms with Crippen molar-refractivity contribution in [1.29, 1.82) is 0 Å². The third kappa shape index (κ3) is 5.24. The number of aromatic nitrogens is 3. The maximum atomic E-state index is 13.3. The summed E-state index contributed by atoms with van der Waals surface area (Å²) in [6.45, 7) is 2.98. The molecule has 0 bridgehead atoms. The number of carbonyl (C=O) groups excluding carboxylic acids is 2. The molecule has 1 atom stereocenters. The number of hydrogen-bond donors (Lipinski definition) is 1. The van der Waals surface area contributed by atoms with Crippen LogP contribution in [0.15, 0.2) is 29.1 Å². The molecule has 1 amide bonds. The summed E-state index contributed by atoms with van der Waals surface area (Å²) in [6, 6.07) is 5.67. The van der Waals surface area contributed by atoms with Gasteiger partial charge in [0.2, 0.25) is 5.91 Å². The number of halogens is 1. The minimum atomic E-state index is -0.463. The van der Waals surface area contributed by atoms with Crippen LogP contribution in [-0.2, 0) is 20.7 Å². The Kier molecular flexibility index (Phi) is 6.69. The highest BCUT2D eigenvalue weighted by Gasteiger charge is 2.29. The normalized spacial score (nSPS) is 16.5. The number of ether oxygens (including phenoxy) is 1. The van der Waals surface area contributed by atoms with Crippen molar-refractivity contribution in [3.63, 3.8) is 0 Å². The fourth-order valence-electron chi connectivity index (χ4n) is 3.33. The van der Waals surface area contributed by atoms with Crippen LogP contribution in [0.4, 0.5) is 4.39 Å². The van der Waals surface area contributed by atoms with E-state index in [2.05, 4.69) is 15.2 Å². The molecule has 1 aromatic heterocycles. The highest BCUT2D eigenvalue weighted by Crippen LogP contribution is 2.19. The molecule has 1 aliphatic rings. The molecule has 9 heteroatoms. The Hall–Kier alpha value is -3.10. The van der Waals surface area contributed by atoms with Crippen LogP contribution >= 0.6 is 0 Å².